The van der Waals surface area contributed by atoms with Gasteiger partial charge in [-0.25, -0.2) is 4.98 Å². The van der Waals surface area contributed by atoms with Crippen molar-refractivity contribution in [1.29, 1.82) is 0 Å². The lowest BCUT2D eigenvalue weighted by molar-refractivity contribution is -0.385. The molecule has 0 amide bonds. The average molecular weight is 363 g/mol. The number of hydrogen-bond donors (Lipinski definition) is 1. The minimum Gasteiger partial charge on any atom is -0.469 e. The summed E-state index contributed by atoms with van der Waals surface area (Å²) in [6, 6.07) is 5.14. The van der Waals surface area contributed by atoms with Crippen molar-refractivity contribution < 1.29 is 14.5 Å². The smallest absolute Gasteiger partial charge is 0.305 e. The number of anilines is 1. The Morgan fingerprint density at radius 2 is 2.16 bits per heavy atom. The number of carbonyl (C=O) groups excluding carboxylic acids is 1. The number of unbranched alkanes of at least 4 members (excludes halogenated alkanes) is 2. The topological polar surface area (TPSA) is 94.4 Å². The van der Waals surface area contributed by atoms with Crippen LogP contribution in [0.25, 0.3) is 11.3 Å². The summed E-state index contributed by atoms with van der Waals surface area (Å²) in [5.41, 5.74) is 2.20. The van der Waals surface area contributed by atoms with Gasteiger partial charge in [0.1, 0.15) is 0 Å². The number of nitro groups is 1. The number of nitrogens with one attached hydrogen (secondary N) is 1. The molecule has 0 saturated heterocycles. The van der Waals surface area contributed by atoms with E-state index in [9.17, 15) is 14.9 Å². The van der Waals surface area contributed by atoms with Crippen molar-refractivity contribution in [2.75, 3.05) is 19.0 Å². The van der Waals surface area contributed by atoms with E-state index in [1.165, 1.54) is 18.4 Å². The normalized spacial score (nSPS) is 10.5. The molecule has 7 nitrogen and oxygen atoms in total. The fraction of sp³-hybridized carbons (Fsp3) is 0.412. The van der Waals surface area contributed by atoms with Crippen LogP contribution < -0.4 is 5.32 Å². The Hall–Kier alpha value is -2.48. The summed E-state index contributed by atoms with van der Waals surface area (Å²) in [7, 11) is 1.40. The molecule has 0 aliphatic rings. The zero-order valence-corrected chi connectivity index (χ0v) is 15.1. The van der Waals surface area contributed by atoms with Gasteiger partial charge in [0.2, 0.25) is 0 Å². The lowest BCUT2D eigenvalue weighted by atomic mass is 10.1. The van der Waals surface area contributed by atoms with Gasteiger partial charge >= 0.3 is 5.97 Å². The molecule has 0 spiro atoms. The van der Waals surface area contributed by atoms with Gasteiger partial charge in [-0.2, -0.15) is 0 Å². The predicted molar refractivity (Wildman–Crippen MR) is 97.9 cm³/mol. The Morgan fingerprint density at radius 1 is 1.36 bits per heavy atom. The number of carbonyl (C=O) groups is 1. The summed E-state index contributed by atoms with van der Waals surface area (Å²) in [6.45, 7) is 2.48. The molecule has 1 heterocycles. The second-order valence-corrected chi connectivity index (χ2v) is 6.47. The lowest BCUT2D eigenvalue weighted by Crippen LogP contribution is -2.03. The van der Waals surface area contributed by atoms with E-state index in [0.717, 1.165) is 42.2 Å². The summed E-state index contributed by atoms with van der Waals surface area (Å²) < 4.78 is 4.60. The third kappa shape index (κ3) is 5.53. The molecule has 8 heteroatoms. The summed E-state index contributed by atoms with van der Waals surface area (Å²) in [5.74, 6) is -0.176. The lowest BCUT2D eigenvalue weighted by Gasteiger charge is -2.03. The van der Waals surface area contributed by atoms with Crippen molar-refractivity contribution in [3.63, 3.8) is 0 Å². The first-order valence-corrected chi connectivity index (χ1v) is 8.91. The van der Waals surface area contributed by atoms with E-state index in [-0.39, 0.29) is 16.6 Å². The molecule has 2 aromatic rings. The number of aromatic nitrogens is 1. The van der Waals surface area contributed by atoms with Gasteiger partial charge in [-0.15, -0.1) is 11.3 Å². The summed E-state index contributed by atoms with van der Waals surface area (Å²) in [4.78, 5) is 26.2. The first-order chi connectivity index (χ1) is 12.0. The number of hydrogen-bond acceptors (Lipinski definition) is 7. The van der Waals surface area contributed by atoms with Crippen LogP contribution in [0.2, 0.25) is 0 Å². The molecule has 2 rings (SSSR count). The van der Waals surface area contributed by atoms with Gasteiger partial charge < -0.3 is 10.1 Å². The van der Waals surface area contributed by atoms with Crippen molar-refractivity contribution in [2.45, 2.75) is 32.6 Å². The molecule has 1 aromatic heterocycles. The van der Waals surface area contributed by atoms with E-state index >= 15 is 0 Å². The second kappa shape index (κ2) is 9.12. The highest BCUT2D eigenvalue weighted by Gasteiger charge is 2.13. The van der Waals surface area contributed by atoms with Crippen LogP contribution in [0.15, 0.2) is 23.6 Å². The number of ether oxygens (including phenoxy) is 1. The molecule has 0 fully saturated rings. The number of nitro benzene ring substituents is 1. The molecule has 0 bridgehead atoms. The number of esters is 1. The third-order valence-corrected chi connectivity index (χ3v) is 4.57. The Balaban J connectivity index is 1.85. The molecule has 0 unspecified atom stereocenters. The molecule has 25 heavy (non-hydrogen) atoms. The van der Waals surface area contributed by atoms with Gasteiger partial charge in [0.05, 0.1) is 17.7 Å². The van der Waals surface area contributed by atoms with Crippen molar-refractivity contribution in [1.82, 2.24) is 4.98 Å². The van der Waals surface area contributed by atoms with Crippen LogP contribution >= 0.6 is 11.3 Å². The molecule has 1 aromatic carbocycles. The van der Waals surface area contributed by atoms with Crippen molar-refractivity contribution in [3.05, 3.63) is 39.3 Å². The van der Waals surface area contributed by atoms with Crippen LogP contribution in [0.3, 0.4) is 0 Å². The van der Waals surface area contributed by atoms with E-state index in [0.29, 0.717) is 12.0 Å². The number of thiazole rings is 1. The van der Waals surface area contributed by atoms with Gasteiger partial charge in [0, 0.05) is 35.5 Å². The molecule has 0 aliphatic carbocycles. The monoisotopic (exact) mass is 363 g/mol. The number of nitrogens with zero attached hydrogens (tertiary/aromatic N) is 2. The fourth-order valence-electron chi connectivity index (χ4n) is 2.32. The number of benzene rings is 1. The van der Waals surface area contributed by atoms with Crippen molar-refractivity contribution in [2.24, 2.45) is 0 Å². The zero-order chi connectivity index (χ0) is 18.2. The highest BCUT2D eigenvalue weighted by molar-refractivity contribution is 7.14. The van der Waals surface area contributed by atoms with E-state index in [2.05, 4.69) is 15.0 Å². The van der Waals surface area contributed by atoms with Crippen LogP contribution in [-0.4, -0.2) is 29.5 Å². The van der Waals surface area contributed by atoms with E-state index in [1.54, 1.807) is 19.1 Å². The van der Waals surface area contributed by atoms with Crippen LogP contribution in [0.5, 0.6) is 0 Å². The number of aryl methyl sites for hydroxylation is 1. The maximum absolute atomic E-state index is 11.0. The minimum atomic E-state index is -0.376. The number of rotatable bonds is 9. The van der Waals surface area contributed by atoms with Crippen LogP contribution in [0.1, 0.15) is 31.2 Å². The standard InChI is InChI=1S/C17H21N3O4S/c1-12-7-8-13(10-15(12)20(22)23)14-11-25-17(19-14)18-9-5-3-4-6-16(21)24-2/h7-8,10-11H,3-6,9H2,1-2H3,(H,18,19). The predicted octanol–water partition coefficient (Wildman–Crippen LogP) is 4.17. The summed E-state index contributed by atoms with van der Waals surface area (Å²) in [6.07, 6.45) is 3.13. The van der Waals surface area contributed by atoms with E-state index in [1.807, 2.05) is 11.4 Å². The summed E-state index contributed by atoms with van der Waals surface area (Å²) in [5, 5.41) is 17.0. The first-order valence-electron chi connectivity index (χ1n) is 8.03. The maximum Gasteiger partial charge on any atom is 0.305 e. The Bertz CT molecular complexity index is 745. The molecular formula is C17H21N3O4S. The molecule has 0 aliphatic heterocycles. The minimum absolute atomic E-state index is 0.102. The van der Waals surface area contributed by atoms with Gasteiger partial charge in [-0.05, 0) is 19.8 Å². The molecular weight excluding hydrogens is 342 g/mol. The molecule has 0 saturated carbocycles. The highest BCUT2D eigenvalue weighted by Crippen LogP contribution is 2.29. The third-order valence-electron chi connectivity index (χ3n) is 3.77. The quantitative estimate of drug-likeness (QED) is 0.311. The first kappa shape index (κ1) is 18.9. The maximum atomic E-state index is 11.0. The van der Waals surface area contributed by atoms with Gasteiger partial charge in [-0.3, -0.25) is 14.9 Å². The van der Waals surface area contributed by atoms with Gasteiger partial charge in [-0.1, -0.05) is 18.6 Å². The Morgan fingerprint density at radius 3 is 2.88 bits per heavy atom. The average Bonchev–Trinajstić information content (AvgIpc) is 3.06. The van der Waals surface area contributed by atoms with Gasteiger partial charge in [0.25, 0.3) is 5.69 Å². The second-order valence-electron chi connectivity index (χ2n) is 5.61. The molecule has 0 atom stereocenters. The van der Waals surface area contributed by atoms with Gasteiger partial charge in [0.15, 0.2) is 5.13 Å². The van der Waals surface area contributed by atoms with Crippen molar-refractivity contribution in [3.8, 4) is 11.3 Å². The molecule has 1 N–H and O–H groups in total. The highest BCUT2D eigenvalue weighted by atomic mass is 32.1. The zero-order valence-electron chi connectivity index (χ0n) is 14.3. The Labute approximate surface area is 150 Å². The largest absolute Gasteiger partial charge is 0.469 e. The SMILES string of the molecule is COC(=O)CCCCCNc1nc(-c2ccc(C)c([N+](=O)[O-])c2)cs1. The Kier molecular flexibility index (Phi) is 6.88. The fourth-order valence-corrected chi connectivity index (χ4v) is 3.07. The number of methoxy groups -OCH3 is 1. The molecule has 134 valence electrons. The van der Waals surface area contributed by atoms with E-state index in [4.69, 9.17) is 0 Å². The van der Waals surface area contributed by atoms with Crippen LogP contribution in [0.4, 0.5) is 10.8 Å². The van der Waals surface area contributed by atoms with E-state index < -0.39 is 0 Å². The van der Waals surface area contributed by atoms with Crippen LogP contribution in [0, 0.1) is 17.0 Å². The molecule has 0 radical (unpaired) electrons. The summed E-state index contributed by atoms with van der Waals surface area (Å²) >= 11 is 1.47. The van der Waals surface area contributed by atoms with Crippen molar-refractivity contribution >= 4 is 28.1 Å². The van der Waals surface area contributed by atoms with Crippen LogP contribution in [-0.2, 0) is 9.53 Å².